The van der Waals surface area contributed by atoms with Crippen LogP contribution in [0.5, 0.6) is 0 Å². The first-order valence-corrected chi connectivity index (χ1v) is 6.26. The summed E-state index contributed by atoms with van der Waals surface area (Å²) in [7, 11) is 0. The molecule has 2 nitrogen and oxygen atoms in total. The molecule has 0 bridgehead atoms. The molecule has 0 spiro atoms. The summed E-state index contributed by atoms with van der Waals surface area (Å²) in [5.74, 6) is 0. The predicted molar refractivity (Wildman–Crippen MR) is 77.8 cm³/mol. The van der Waals surface area contributed by atoms with Gasteiger partial charge < -0.3 is 5.32 Å². The fraction of sp³-hybridized carbons (Fsp3) is 0. The van der Waals surface area contributed by atoms with E-state index in [2.05, 4.69) is 27.3 Å². The Morgan fingerprint density at radius 3 is 2.33 bits per heavy atom. The van der Waals surface area contributed by atoms with Crippen LogP contribution in [0, 0.1) is 11.3 Å². The first-order chi connectivity index (χ1) is 8.79. The number of halogens is 1. The third kappa shape index (κ3) is 3.22. The maximum Gasteiger partial charge on any atom is 0.0934 e. The molecule has 0 aromatic heterocycles. The van der Waals surface area contributed by atoms with Gasteiger partial charge in [0.15, 0.2) is 0 Å². The molecule has 2 aromatic rings. The van der Waals surface area contributed by atoms with Gasteiger partial charge in [-0.15, -0.1) is 0 Å². The van der Waals surface area contributed by atoms with Crippen LogP contribution in [-0.2, 0) is 0 Å². The van der Waals surface area contributed by atoms with Gasteiger partial charge in [0, 0.05) is 16.2 Å². The highest BCUT2D eigenvalue weighted by Gasteiger charge is 2.01. The molecule has 0 atom stereocenters. The summed E-state index contributed by atoms with van der Waals surface area (Å²) < 4.78 is 1.03. The van der Waals surface area contributed by atoms with E-state index in [-0.39, 0.29) is 0 Å². The summed E-state index contributed by atoms with van der Waals surface area (Å²) in [4.78, 5) is 0. The van der Waals surface area contributed by atoms with Crippen LogP contribution >= 0.6 is 15.9 Å². The maximum atomic E-state index is 8.85. The minimum atomic E-state index is 0.792. The number of anilines is 1. The van der Waals surface area contributed by atoms with Crippen molar-refractivity contribution in [2.24, 2.45) is 0 Å². The Labute approximate surface area is 115 Å². The van der Waals surface area contributed by atoms with Crippen LogP contribution in [0.3, 0.4) is 0 Å². The smallest absolute Gasteiger partial charge is 0.0934 e. The molecule has 18 heavy (non-hydrogen) atoms. The fourth-order valence-electron chi connectivity index (χ4n) is 1.56. The van der Waals surface area contributed by atoms with Crippen LogP contribution in [-0.4, -0.2) is 0 Å². The molecular formula is C15H11BrN2. The highest BCUT2D eigenvalue weighted by Crippen LogP contribution is 2.20. The van der Waals surface area contributed by atoms with E-state index in [0.29, 0.717) is 0 Å². The number of allylic oxidation sites excluding steroid dienone is 1. The van der Waals surface area contributed by atoms with Gasteiger partial charge in [0.1, 0.15) is 0 Å². The van der Waals surface area contributed by atoms with E-state index >= 15 is 0 Å². The van der Waals surface area contributed by atoms with Gasteiger partial charge in [-0.1, -0.05) is 46.3 Å². The number of rotatable bonds is 3. The van der Waals surface area contributed by atoms with Crippen LogP contribution in [0.15, 0.2) is 65.1 Å². The summed E-state index contributed by atoms with van der Waals surface area (Å²) in [5, 5.41) is 12.1. The van der Waals surface area contributed by atoms with Crippen molar-refractivity contribution in [3.8, 4) is 6.07 Å². The van der Waals surface area contributed by atoms with Gasteiger partial charge in [0.05, 0.1) is 11.8 Å². The second-order valence-electron chi connectivity index (χ2n) is 3.69. The average molecular weight is 299 g/mol. The number of nitriles is 1. The third-order valence-electron chi connectivity index (χ3n) is 2.42. The van der Waals surface area contributed by atoms with Gasteiger partial charge in [-0.25, -0.2) is 0 Å². The van der Waals surface area contributed by atoms with Crippen LogP contribution in [0.1, 0.15) is 5.56 Å². The van der Waals surface area contributed by atoms with E-state index in [9.17, 15) is 0 Å². The van der Waals surface area contributed by atoms with Gasteiger partial charge in [-0.2, -0.15) is 5.26 Å². The molecular weight excluding hydrogens is 288 g/mol. The van der Waals surface area contributed by atoms with Gasteiger partial charge in [0.2, 0.25) is 0 Å². The van der Waals surface area contributed by atoms with Gasteiger partial charge in [0.25, 0.3) is 0 Å². The molecule has 0 aliphatic rings. The highest BCUT2D eigenvalue weighted by molar-refractivity contribution is 9.10. The summed E-state index contributed by atoms with van der Waals surface area (Å²) in [6.45, 7) is 0. The van der Waals surface area contributed by atoms with E-state index in [1.54, 1.807) is 0 Å². The fourth-order valence-corrected chi connectivity index (χ4v) is 1.83. The molecule has 0 aliphatic heterocycles. The lowest BCUT2D eigenvalue weighted by Gasteiger charge is -2.10. The van der Waals surface area contributed by atoms with Crippen molar-refractivity contribution in [3.63, 3.8) is 0 Å². The van der Waals surface area contributed by atoms with Gasteiger partial charge in [-0.05, 0) is 29.8 Å². The minimum absolute atomic E-state index is 0.792. The molecule has 2 aromatic carbocycles. The topological polar surface area (TPSA) is 35.8 Å². The van der Waals surface area contributed by atoms with Gasteiger partial charge in [-0.3, -0.25) is 0 Å². The van der Waals surface area contributed by atoms with Crippen LogP contribution in [0.4, 0.5) is 5.69 Å². The van der Waals surface area contributed by atoms with Crippen molar-refractivity contribution >= 4 is 27.3 Å². The summed E-state index contributed by atoms with van der Waals surface area (Å²) in [5.41, 5.74) is 2.73. The first kappa shape index (κ1) is 12.4. The van der Waals surface area contributed by atoms with Gasteiger partial charge >= 0.3 is 0 Å². The van der Waals surface area contributed by atoms with E-state index in [1.807, 2.05) is 54.6 Å². The standard InChI is InChI=1S/C15H11BrN2/c16-13-6-8-14(9-7-13)18-15(10-11-17)12-4-2-1-3-5-12/h1-10,18H/b15-10-. The lowest BCUT2D eigenvalue weighted by atomic mass is 10.1. The van der Waals surface area contributed by atoms with E-state index < -0.39 is 0 Å². The van der Waals surface area contributed by atoms with E-state index in [1.165, 1.54) is 6.08 Å². The zero-order valence-corrected chi connectivity index (χ0v) is 11.2. The lowest BCUT2D eigenvalue weighted by Crippen LogP contribution is -1.98. The molecule has 1 N–H and O–H groups in total. The third-order valence-corrected chi connectivity index (χ3v) is 2.95. The quantitative estimate of drug-likeness (QED) is 0.851. The number of nitrogens with one attached hydrogen (secondary N) is 1. The highest BCUT2D eigenvalue weighted by atomic mass is 79.9. The molecule has 0 saturated heterocycles. The number of benzene rings is 2. The largest absolute Gasteiger partial charge is 0.354 e. The molecule has 88 valence electrons. The predicted octanol–water partition coefficient (Wildman–Crippen LogP) is 4.43. The normalized spacial score (nSPS) is 10.8. The zero-order chi connectivity index (χ0) is 12.8. The molecule has 0 saturated carbocycles. The molecule has 0 amide bonds. The lowest BCUT2D eigenvalue weighted by molar-refractivity contribution is 1.50. The van der Waals surface area contributed by atoms with E-state index in [0.717, 1.165) is 21.4 Å². The minimum Gasteiger partial charge on any atom is -0.354 e. The van der Waals surface area contributed by atoms with E-state index in [4.69, 9.17) is 5.26 Å². The van der Waals surface area contributed by atoms with Crippen molar-refractivity contribution in [1.29, 1.82) is 5.26 Å². The second kappa shape index (κ2) is 6.04. The Kier molecular flexibility index (Phi) is 4.16. The Hall–Kier alpha value is -2.05. The number of nitrogens with zero attached hydrogens (tertiary/aromatic N) is 1. The number of hydrogen-bond donors (Lipinski definition) is 1. The monoisotopic (exact) mass is 298 g/mol. The second-order valence-corrected chi connectivity index (χ2v) is 4.60. The molecule has 0 aliphatic carbocycles. The Morgan fingerprint density at radius 1 is 1.06 bits per heavy atom. The molecule has 0 unspecified atom stereocenters. The zero-order valence-electron chi connectivity index (χ0n) is 9.60. The summed E-state index contributed by atoms with van der Waals surface area (Å²) in [6.07, 6.45) is 1.51. The number of hydrogen-bond acceptors (Lipinski definition) is 2. The van der Waals surface area contributed by atoms with Crippen molar-refractivity contribution in [1.82, 2.24) is 0 Å². The van der Waals surface area contributed by atoms with Crippen molar-refractivity contribution in [2.75, 3.05) is 5.32 Å². The Morgan fingerprint density at radius 2 is 1.72 bits per heavy atom. The summed E-state index contributed by atoms with van der Waals surface area (Å²) in [6, 6.07) is 19.7. The summed E-state index contributed by atoms with van der Waals surface area (Å²) >= 11 is 3.39. The average Bonchev–Trinajstić information content (AvgIpc) is 2.42. The maximum absolute atomic E-state index is 8.85. The Bertz CT molecular complexity index is 580. The van der Waals surface area contributed by atoms with Crippen LogP contribution in [0.25, 0.3) is 5.70 Å². The molecule has 3 heteroatoms. The van der Waals surface area contributed by atoms with Crippen LogP contribution < -0.4 is 5.32 Å². The first-order valence-electron chi connectivity index (χ1n) is 5.47. The SMILES string of the molecule is N#C/C=C(\Nc1ccc(Br)cc1)c1ccccc1. The van der Waals surface area contributed by atoms with Crippen molar-refractivity contribution < 1.29 is 0 Å². The Balaban J connectivity index is 2.26. The van der Waals surface area contributed by atoms with Crippen molar-refractivity contribution in [3.05, 3.63) is 70.7 Å². The molecule has 2 rings (SSSR count). The molecule has 0 radical (unpaired) electrons. The molecule has 0 heterocycles. The van der Waals surface area contributed by atoms with Crippen LogP contribution in [0.2, 0.25) is 0 Å². The van der Waals surface area contributed by atoms with Crippen molar-refractivity contribution in [2.45, 2.75) is 0 Å². The molecule has 0 fully saturated rings.